The van der Waals surface area contributed by atoms with E-state index in [1.54, 1.807) is 0 Å². The van der Waals surface area contributed by atoms with Gasteiger partial charge in [-0.05, 0) is 13.8 Å². The number of hydrogen-bond acceptors (Lipinski definition) is 3. The highest BCUT2D eigenvalue weighted by Crippen LogP contribution is 2.18. The van der Waals surface area contributed by atoms with Crippen LogP contribution in [0.25, 0.3) is 0 Å². The molecule has 3 nitrogen and oxygen atoms in total. The second kappa shape index (κ2) is 4.20. The zero-order valence-corrected chi connectivity index (χ0v) is 8.80. The van der Waals surface area contributed by atoms with Gasteiger partial charge in [-0.2, -0.15) is 0 Å². The van der Waals surface area contributed by atoms with Gasteiger partial charge < -0.3 is 4.74 Å². The number of nitrogens with zero attached hydrogens (tertiary/aromatic N) is 1. The molecule has 0 atom stereocenters. The fraction of sp³-hybridized carbons (Fsp3) is 0.900. The van der Waals surface area contributed by atoms with E-state index in [-0.39, 0.29) is 5.54 Å². The molecule has 76 valence electrons. The Morgan fingerprint density at radius 1 is 1.54 bits per heavy atom. The van der Waals surface area contributed by atoms with Gasteiger partial charge in [0.2, 0.25) is 0 Å². The van der Waals surface area contributed by atoms with Gasteiger partial charge in [-0.1, -0.05) is 6.92 Å². The van der Waals surface area contributed by atoms with Crippen molar-refractivity contribution in [3.63, 3.8) is 0 Å². The number of rotatable bonds is 3. The molecule has 0 spiro atoms. The topological polar surface area (TPSA) is 29.5 Å². The summed E-state index contributed by atoms with van der Waals surface area (Å²) in [6.45, 7) is 9.08. The van der Waals surface area contributed by atoms with Crippen LogP contribution in [0.5, 0.6) is 0 Å². The number of hydrogen-bond donors (Lipinski definition) is 0. The number of morpholine rings is 1. The maximum atomic E-state index is 11.3. The van der Waals surface area contributed by atoms with Gasteiger partial charge in [0.05, 0.1) is 19.8 Å². The molecular formula is C10H19NO2. The molecule has 1 aliphatic heterocycles. The minimum Gasteiger partial charge on any atom is -0.378 e. The van der Waals surface area contributed by atoms with Gasteiger partial charge in [0.15, 0.2) is 0 Å². The third-order valence-electron chi connectivity index (χ3n) is 2.58. The third kappa shape index (κ3) is 2.78. The van der Waals surface area contributed by atoms with Crippen molar-refractivity contribution in [3.8, 4) is 0 Å². The molecule has 0 saturated carbocycles. The summed E-state index contributed by atoms with van der Waals surface area (Å²) in [5.74, 6) is 0.315. The molecule has 3 heteroatoms. The van der Waals surface area contributed by atoms with Gasteiger partial charge >= 0.3 is 0 Å². The summed E-state index contributed by atoms with van der Waals surface area (Å²) < 4.78 is 5.38. The van der Waals surface area contributed by atoms with E-state index >= 15 is 0 Å². The van der Waals surface area contributed by atoms with E-state index in [4.69, 9.17) is 4.74 Å². The minimum atomic E-state index is 0.0169. The highest BCUT2D eigenvalue weighted by molar-refractivity contribution is 5.80. The second-order valence-corrected chi connectivity index (χ2v) is 4.18. The number of carbonyl (C=O) groups excluding carboxylic acids is 1. The van der Waals surface area contributed by atoms with E-state index in [0.717, 1.165) is 19.8 Å². The van der Waals surface area contributed by atoms with Gasteiger partial charge in [0.1, 0.15) is 5.78 Å². The van der Waals surface area contributed by atoms with Crippen LogP contribution in [0.2, 0.25) is 0 Å². The maximum absolute atomic E-state index is 11.3. The van der Waals surface area contributed by atoms with Crippen molar-refractivity contribution in [1.29, 1.82) is 0 Å². The summed E-state index contributed by atoms with van der Waals surface area (Å²) in [6.07, 6.45) is 0.632. The largest absolute Gasteiger partial charge is 0.378 e. The summed E-state index contributed by atoms with van der Waals surface area (Å²) in [5, 5.41) is 0. The highest BCUT2D eigenvalue weighted by Gasteiger charge is 2.31. The highest BCUT2D eigenvalue weighted by atomic mass is 16.5. The Morgan fingerprint density at radius 3 is 2.77 bits per heavy atom. The summed E-state index contributed by atoms with van der Waals surface area (Å²) in [5.41, 5.74) is 0.0169. The number of ketones is 1. The molecule has 1 aliphatic rings. The average Bonchev–Trinajstić information content (AvgIpc) is 2.08. The van der Waals surface area contributed by atoms with Crippen LogP contribution in [-0.2, 0) is 9.53 Å². The molecule has 0 radical (unpaired) electrons. The normalized spacial score (nSPS) is 23.0. The van der Waals surface area contributed by atoms with E-state index in [1.807, 2.05) is 6.92 Å². The van der Waals surface area contributed by atoms with Crippen LogP contribution < -0.4 is 0 Å². The van der Waals surface area contributed by atoms with E-state index in [1.165, 1.54) is 0 Å². The van der Waals surface area contributed by atoms with Crippen LogP contribution in [0.1, 0.15) is 27.2 Å². The first-order valence-corrected chi connectivity index (χ1v) is 4.91. The SMILES string of the molecule is CCC(=O)CN1CCOCC1(C)C. The molecule has 13 heavy (non-hydrogen) atoms. The fourth-order valence-electron chi connectivity index (χ4n) is 1.51. The molecule has 0 aromatic carbocycles. The Balaban J connectivity index is 2.51. The fourth-order valence-corrected chi connectivity index (χ4v) is 1.51. The second-order valence-electron chi connectivity index (χ2n) is 4.18. The zero-order chi connectivity index (χ0) is 9.90. The predicted molar refractivity (Wildman–Crippen MR) is 51.8 cm³/mol. The van der Waals surface area contributed by atoms with Gasteiger partial charge in [0.25, 0.3) is 0 Å². The zero-order valence-electron chi connectivity index (χ0n) is 8.80. The predicted octanol–water partition coefficient (Wildman–Crippen LogP) is 1.08. The maximum Gasteiger partial charge on any atom is 0.146 e. The van der Waals surface area contributed by atoms with E-state index in [9.17, 15) is 4.79 Å². The summed E-state index contributed by atoms with van der Waals surface area (Å²) >= 11 is 0. The number of ether oxygens (including phenoxy) is 1. The van der Waals surface area contributed by atoms with Gasteiger partial charge in [-0.15, -0.1) is 0 Å². The Morgan fingerprint density at radius 2 is 2.23 bits per heavy atom. The van der Waals surface area contributed by atoms with Crippen molar-refractivity contribution in [2.75, 3.05) is 26.3 Å². The summed E-state index contributed by atoms with van der Waals surface area (Å²) in [4.78, 5) is 13.5. The molecular weight excluding hydrogens is 166 g/mol. The van der Waals surface area contributed by atoms with Crippen LogP contribution in [0.4, 0.5) is 0 Å². The quantitative estimate of drug-likeness (QED) is 0.659. The molecule has 0 aromatic heterocycles. The van der Waals surface area contributed by atoms with Crippen LogP contribution in [-0.4, -0.2) is 42.5 Å². The van der Waals surface area contributed by atoms with Crippen molar-refractivity contribution in [3.05, 3.63) is 0 Å². The van der Waals surface area contributed by atoms with Crippen molar-refractivity contribution >= 4 is 5.78 Å². The molecule has 0 aliphatic carbocycles. The Labute approximate surface area is 80.1 Å². The lowest BCUT2D eigenvalue weighted by atomic mass is 10.0. The van der Waals surface area contributed by atoms with E-state index in [2.05, 4.69) is 18.7 Å². The van der Waals surface area contributed by atoms with Crippen LogP contribution in [0.3, 0.4) is 0 Å². The Kier molecular flexibility index (Phi) is 3.45. The Bertz CT molecular complexity index is 189. The first kappa shape index (κ1) is 10.7. The average molecular weight is 185 g/mol. The van der Waals surface area contributed by atoms with Gasteiger partial charge in [-0.25, -0.2) is 0 Å². The summed E-state index contributed by atoms with van der Waals surface area (Å²) in [7, 11) is 0. The molecule has 0 unspecified atom stereocenters. The van der Waals surface area contributed by atoms with E-state index < -0.39 is 0 Å². The van der Waals surface area contributed by atoms with Gasteiger partial charge in [-0.3, -0.25) is 9.69 Å². The smallest absolute Gasteiger partial charge is 0.146 e. The summed E-state index contributed by atoms with van der Waals surface area (Å²) in [6, 6.07) is 0. The minimum absolute atomic E-state index is 0.0169. The molecule has 0 N–H and O–H groups in total. The van der Waals surface area contributed by atoms with Crippen molar-refractivity contribution < 1.29 is 9.53 Å². The van der Waals surface area contributed by atoms with Crippen molar-refractivity contribution in [1.82, 2.24) is 4.90 Å². The lowest BCUT2D eigenvalue weighted by Crippen LogP contribution is -2.54. The molecule has 0 amide bonds. The van der Waals surface area contributed by atoms with E-state index in [0.29, 0.717) is 18.7 Å². The van der Waals surface area contributed by atoms with Crippen LogP contribution >= 0.6 is 0 Å². The third-order valence-corrected chi connectivity index (χ3v) is 2.58. The molecule has 1 fully saturated rings. The Hall–Kier alpha value is -0.410. The monoisotopic (exact) mass is 185 g/mol. The van der Waals surface area contributed by atoms with Gasteiger partial charge in [0, 0.05) is 18.5 Å². The molecule has 0 bridgehead atoms. The van der Waals surface area contributed by atoms with Crippen molar-refractivity contribution in [2.24, 2.45) is 0 Å². The lowest BCUT2D eigenvalue weighted by Gasteiger charge is -2.41. The first-order chi connectivity index (χ1) is 6.06. The molecule has 1 heterocycles. The molecule has 1 rings (SSSR count). The van der Waals surface area contributed by atoms with Crippen LogP contribution in [0, 0.1) is 0 Å². The lowest BCUT2D eigenvalue weighted by molar-refractivity contribution is -0.124. The van der Waals surface area contributed by atoms with Crippen LogP contribution in [0.15, 0.2) is 0 Å². The van der Waals surface area contributed by atoms with Crippen molar-refractivity contribution in [2.45, 2.75) is 32.7 Å². The standard InChI is InChI=1S/C10H19NO2/c1-4-9(12)7-11-5-6-13-8-10(11,2)3/h4-8H2,1-3H3. The molecule has 1 saturated heterocycles. The first-order valence-electron chi connectivity index (χ1n) is 4.91. The number of Topliss-reactive ketones (excluding diaryl/α,β-unsaturated/α-hetero) is 1. The number of carbonyl (C=O) groups is 1. The molecule has 0 aromatic rings.